The summed E-state index contributed by atoms with van der Waals surface area (Å²) in [6.07, 6.45) is 1.72. The van der Waals surface area contributed by atoms with Gasteiger partial charge in [-0.2, -0.15) is 30.3 Å². The van der Waals surface area contributed by atoms with Gasteiger partial charge in [0, 0.05) is 31.9 Å². The molecule has 4 nitrogen and oxygen atoms in total. The van der Waals surface area contributed by atoms with Crippen LogP contribution in [0.15, 0.2) is 48.5 Å². The average Bonchev–Trinajstić information content (AvgIpc) is 3.05. The van der Waals surface area contributed by atoms with Crippen molar-refractivity contribution in [1.29, 1.82) is 0 Å². The first-order valence-corrected chi connectivity index (χ1v) is 7.46. The number of benzene rings is 2. The van der Waals surface area contributed by atoms with E-state index in [0.717, 1.165) is 29.7 Å². The van der Waals surface area contributed by atoms with Crippen LogP contribution in [0.3, 0.4) is 0 Å². The number of primary amides is 1. The predicted octanol–water partition coefficient (Wildman–Crippen LogP) is 2.34. The first kappa shape index (κ1) is 17.9. The van der Waals surface area contributed by atoms with Gasteiger partial charge in [-0.25, -0.2) is 0 Å². The van der Waals surface area contributed by atoms with Crippen LogP contribution in [0, 0.1) is 6.07 Å². The fraction of sp³-hybridized carbons (Fsp3) is 0.278. The van der Waals surface area contributed by atoms with Crippen LogP contribution in [0.1, 0.15) is 30.0 Å². The maximum Gasteiger partial charge on any atom is 0.234 e. The third kappa shape index (κ3) is 4.75. The number of nitrogens with one attached hydrogen (secondary N) is 1. The predicted molar refractivity (Wildman–Crippen MR) is 84.1 cm³/mol. The number of nitrogens with two attached hydrogens (primary N) is 1. The second-order valence-electron chi connectivity index (χ2n) is 5.50. The van der Waals surface area contributed by atoms with Crippen LogP contribution < -0.4 is 15.8 Å². The van der Waals surface area contributed by atoms with Gasteiger partial charge in [-0.1, -0.05) is 12.1 Å². The number of amides is 1. The van der Waals surface area contributed by atoms with Crippen molar-refractivity contribution in [3.05, 3.63) is 65.7 Å². The zero-order chi connectivity index (χ0) is 15.4. The van der Waals surface area contributed by atoms with Crippen LogP contribution in [0.25, 0.3) is 0 Å². The minimum atomic E-state index is -0.276. The molecule has 1 saturated heterocycles. The van der Waals surface area contributed by atoms with Gasteiger partial charge in [0.15, 0.2) is 0 Å². The van der Waals surface area contributed by atoms with Gasteiger partial charge in [0.2, 0.25) is 5.91 Å². The minimum Gasteiger partial charge on any atom is -0.491 e. The van der Waals surface area contributed by atoms with Crippen molar-refractivity contribution in [2.24, 2.45) is 5.73 Å². The Bertz CT molecular complexity index is 631. The number of ether oxygens (including phenoxy) is 1. The fourth-order valence-corrected chi connectivity index (χ4v) is 2.71. The van der Waals surface area contributed by atoms with Crippen molar-refractivity contribution in [1.82, 2.24) is 5.32 Å². The molecule has 1 amide bonds. The third-order valence-corrected chi connectivity index (χ3v) is 3.94. The van der Waals surface area contributed by atoms with Gasteiger partial charge in [-0.15, -0.1) is 5.56 Å². The standard InChI is InChI=1S/C18H19N2O2.Hf/c19-18(21)17-11-10-16(20-17)14-6-8-15(9-7-14)22-12-13-4-2-1-3-5-13;/h1-4,6-9,16-17,20H,10-12H2,(H2,19,21);/q-1;/t16-,17+;/m1./s1. The number of hydrogen-bond acceptors (Lipinski definition) is 3. The van der Waals surface area contributed by atoms with E-state index in [1.54, 1.807) is 0 Å². The molecule has 0 bridgehead atoms. The monoisotopic (exact) mass is 475 g/mol. The quantitative estimate of drug-likeness (QED) is 0.517. The molecule has 2 atom stereocenters. The van der Waals surface area contributed by atoms with Gasteiger partial charge >= 0.3 is 0 Å². The summed E-state index contributed by atoms with van der Waals surface area (Å²) in [4.78, 5) is 11.2. The summed E-state index contributed by atoms with van der Waals surface area (Å²) in [6, 6.07) is 18.9. The van der Waals surface area contributed by atoms with Crippen LogP contribution in [0.5, 0.6) is 5.75 Å². The second kappa shape index (κ2) is 8.41. The molecule has 5 heteroatoms. The SMILES string of the molecule is NC(=O)[C@@H]1CC[C@H](c2ccc(OCc3[c-]cccc3)cc2)N1.[Hf]. The Kier molecular flexibility index (Phi) is 6.54. The van der Waals surface area contributed by atoms with Crippen molar-refractivity contribution in [2.75, 3.05) is 0 Å². The first-order valence-electron chi connectivity index (χ1n) is 7.46. The van der Waals surface area contributed by atoms with Crippen LogP contribution >= 0.6 is 0 Å². The summed E-state index contributed by atoms with van der Waals surface area (Å²) >= 11 is 0. The van der Waals surface area contributed by atoms with E-state index in [0.29, 0.717) is 6.61 Å². The van der Waals surface area contributed by atoms with Crippen LogP contribution in [-0.2, 0) is 37.2 Å². The van der Waals surface area contributed by atoms with E-state index < -0.39 is 0 Å². The van der Waals surface area contributed by atoms with Crippen molar-refractivity contribution in [3.63, 3.8) is 0 Å². The van der Waals surface area contributed by atoms with Crippen LogP contribution in [0.2, 0.25) is 0 Å². The summed E-state index contributed by atoms with van der Waals surface area (Å²) < 4.78 is 5.74. The van der Waals surface area contributed by atoms with Crippen molar-refractivity contribution >= 4 is 5.91 Å². The van der Waals surface area contributed by atoms with Gasteiger partial charge in [-0.3, -0.25) is 10.1 Å². The van der Waals surface area contributed by atoms with E-state index >= 15 is 0 Å². The molecule has 118 valence electrons. The Morgan fingerprint density at radius 2 is 2.00 bits per heavy atom. The minimum absolute atomic E-state index is 0. The molecule has 0 aliphatic carbocycles. The number of rotatable bonds is 5. The molecule has 1 aliphatic rings. The molecule has 23 heavy (non-hydrogen) atoms. The molecule has 2 aromatic rings. The Labute approximate surface area is 155 Å². The van der Waals surface area contributed by atoms with E-state index in [2.05, 4.69) is 11.4 Å². The molecule has 0 aromatic heterocycles. The van der Waals surface area contributed by atoms with E-state index in [4.69, 9.17) is 10.5 Å². The smallest absolute Gasteiger partial charge is 0.234 e. The molecule has 3 N–H and O–H groups in total. The normalized spacial score (nSPS) is 19.8. The van der Waals surface area contributed by atoms with Gasteiger partial charge in [-0.05, 0) is 30.5 Å². The molecule has 0 unspecified atom stereocenters. The number of carbonyl (C=O) groups excluding carboxylic acids is 1. The molecule has 0 saturated carbocycles. The number of hydrogen-bond donors (Lipinski definition) is 2. The Morgan fingerprint density at radius 3 is 2.61 bits per heavy atom. The summed E-state index contributed by atoms with van der Waals surface area (Å²) in [7, 11) is 0. The molecule has 1 aliphatic heterocycles. The number of carbonyl (C=O) groups is 1. The van der Waals surface area contributed by atoms with E-state index in [1.165, 1.54) is 0 Å². The second-order valence-corrected chi connectivity index (χ2v) is 5.50. The third-order valence-electron chi connectivity index (χ3n) is 3.94. The van der Waals surface area contributed by atoms with Crippen LogP contribution in [0.4, 0.5) is 0 Å². The molecule has 3 rings (SSSR count). The maximum absolute atomic E-state index is 11.2. The first-order chi connectivity index (χ1) is 10.7. The fourth-order valence-electron chi connectivity index (χ4n) is 2.71. The molecule has 0 spiro atoms. The van der Waals surface area contributed by atoms with Crippen molar-refractivity contribution in [2.45, 2.75) is 31.5 Å². The zero-order valence-corrected chi connectivity index (χ0v) is 16.4. The Balaban J connectivity index is 0.00000192. The molecular weight excluding hydrogens is 455 g/mol. The summed E-state index contributed by atoms with van der Waals surface area (Å²) in [5.74, 6) is 0.548. The van der Waals surface area contributed by atoms with Crippen molar-refractivity contribution < 1.29 is 35.4 Å². The molecule has 1 fully saturated rings. The van der Waals surface area contributed by atoms with Gasteiger partial charge < -0.3 is 10.5 Å². The van der Waals surface area contributed by atoms with E-state index in [9.17, 15) is 4.79 Å². The van der Waals surface area contributed by atoms with Crippen LogP contribution in [-0.4, -0.2) is 11.9 Å². The summed E-state index contributed by atoms with van der Waals surface area (Å²) in [6.45, 7) is 0.506. The largest absolute Gasteiger partial charge is 0.491 e. The Hall–Kier alpha value is -1.46. The zero-order valence-electron chi connectivity index (χ0n) is 12.8. The average molecular weight is 474 g/mol. The van der Waals surface area contributed by atoms with Gasteiger partial charge in [0.25, 0.3) is 0 Å². The van der Waals surface area contributed by atoms with Gasteiger partial charge in [0.1, 0.15) is 5.75 Å². The van der Waals surface area contributed by atoms with E-state index in [-0.39, 0.29) is 43.8 Å². The summed E-state index contributed by atoms with van der Waals surface area (Å²) in [5, 5.41) is 3.26. The summed E-state index contributed by atoms with van der Waals surface area (Å²) in [5.41, 5.74) is 7.51. The molecular formula is C18H19HfN2O2-. The maximum atomic E-state index is 11.2. The Morgan fingerprint density at radius 1 is 1.22 bits per heavy atom. The molecule has 0 radical (unpaired) electrons. The van der Waals surface area contributed by atoms with E-state index in [1.807, 2.05) is 48.5 Å². The van der Waals surface area contributed by atoms with Gasteiger partial charge in [0.05, 0.1) is 12.6 Å². The molecule has 2 aromatic carbocycles. The molecule has 1 heterocycles. The topological polar surface area (TPSA) is 64.4 Å². The van der Waals surface area contributed by atoms with Crippen molar-refractivity contribution in [3.8, 4) is 5.75 Å².